The fourth-order valence-corrected chi connectivity index (χ4v) is 2.07. The number of hydrogen-bond donors (Lipinski definition) is 2. The molecule has 1 aromatic carbocycles. The maximum absolute atomic E-state index is 11.9. The van der Waals surface area contributed by atoms with E-state index in [0.29, 0.717) is 0 Å². The summed E-state index contributed by atoms with van der Waals surface area (Å²) in [6.45, 7) is 8.14. The molecule has 106 valence electrons. The number of aromatic amines is 1. The minimum absolute atomic E-state index is 0.266. The van der Waals surface area contributed by atoms with Crippen LogP contribution in [0.15, 0.2) is 24.4 Å². The van der Waals surface area contributed by atoms with Gasteiger partial charge in [-0.2, -0.15) is 15.4 Å². The van der Waals surface area contributed by atoms with E-state index in [1.807, 2.05) is 19.1 Å². The van der Waals surface area contributed by atoms with Crippen LogP contribution < -0.4 is 10.2 Å². The summed E-state index contributed by atoms with van der Waals surface area (Å²) in [5.41, 5.74) is 3.24. The minimum atomic E-state index is -0.266. The molecule has 0 atom stereocenters. The van der Waals surface area contributed by atoms with Gasteiger partial charge in [0.15, 0.2) is 5.69 Å². The molecule has 0 spiro atoms. The molecule has 1 heterocycles. The normalized spacial score (nSPS) is 10.3. The molecule has 20 heavy (non-hydrogen) atoms. The van der Waals surface area contributed by atoms with Gasteiger partial charge in [-0.1, -0.05) is 0 Å². The van der Waals surface area contributed by atoms with Gasteiger partial charge in [0.05, 0.1) is 6.20 Å². The lowest BCUT2D eigenvalue weighted by Crippen LogP contribution is -2.22. The largest absolute Gasteiger partial charge is 0.372 e. The third kappa shape index (κ3) is 2.96. The highest BCUT2D eigenvalue weighted by Gasteiger charge is 2.11. The first-order chi connectivity index (χ1) is 9.65. The molecule has 0 unspecified atom stereocenters. The molecule has 0 fully saturated rings. The molecule has 2 N–H and O–H groups in total. The van der Waals surface area contributed by atoms with E-state index in [0.717, 1.165) is 30.0 Å². The number of anilines is 2. The number of rotatable bonds is 5. The Morgan fingerprint density at radius 1 is 1.35 bits per heavy atom. The Balaban J connectivity index is 2.16. The van der Waals surface area contributed by atoms with Gasteiger partial charge in [0.25, 0.3) is 5.91 Å². The van der Waals surface area contributed by atoms with Crippen LogP contribution in [0.2, 0.25) is 0 Å². The van der Waals surface area contributed by atoms with Crippen molar-refractivity contribution in [2.24, 2.45) is 0 Å². The van der Waals surface area contributed by atoms with Crippen LogP contribution in [0.3, 0.4) is 0 Å². The van der Waals surface area contributed by atoms with Crippen molar-refractivity contribution in [3.05, 3.63) is 35.7 Å². The first-order valence-electron chi connectivity index (χ1n) is 6.68. The monoisotopic (exact) mass is 273 g/mol. The molecular weight excluding hydrogens is 254 g/mol. The highest BCUT2D eigenvalue weighted by Crippen LogP contribution is 2.22. The molecule has 1 aromatic heterocycles. The summed E-state index contributed by atoms with van der Waals surface area (Å²) in [6.07, 6.45) is 1.40. The van der Waals surface area contributed by atoms with Crippen molar-refractivity contribution in [3.63, 3.8) is 0 Å². The number of amides is 1. The zero-order valence-corrected chi connectivity index (χ0v) is 12.0. The van der Waals surface area contributed by atoms with E-state index in [2.05, 4.69) is 45.5 Å². The molecule has 0 aliphatic carbocycles. The van der Waals surface area contributed by atoms with Gasteiger partial charge in [0.2, 0.25) is 0 Å². The number of carbonyl (C=O) groups is 1. The Morgan fingerprint density at radius 3 is 2.65 bits per heavy atom. The van der Waals surface area contributed by atoms with E-state index in [-0.39, 0.29) is 11.6 Å². The third-order valence-electron chi connectivity index (χ3n) is 3.23. The summed E-state index contributed by atoms with van der Waals surface area (Å²) >= 11 is 0. The van der Waals surface area contributed by atoms with Gasteiger partial charge in [0.1, 0.15) is 0 Å². The number of benzene rings is 1. The van der Waals surface area contributed by atoms with Gasteiger partial charge in [-0.25, -0.2) is 0 Å². The molecule has 0 aliphatic heterocycles. The Kier molecular flexibility index (Phi) is 4.34. The summed E-state index contributed by atoms with van der Waals surface area (Å²) in [4.78, 5) is 14.2. The lowest BCUT2D eigenvalue weighted by molar-refractivity contribution is 0.102. The molecular formula is C14H19N5O. The molecule has 0 aliphatic rings. The zero-order chi connectivity index (χ0) is 14.5. The molecule has 0 saturated heterocycles. The number of aryl methyl sites for hydroxylation is 1. The van der Waals surface area contributed by atoms with E-state index in [1.54, 1.807) is 0 Å². The van der Waals surface area contributed by atoms with Crippen molar-refractivity contribution in [2.45, 2.75) is 20.8 Å². The molecule has 2 rings (SSSR count). The van der Waals surface area contributed by atoms with E-state index in [1.165, 1.54) is 6.20 Å². The molecule has 1 amide bonds. The van der Waals surface area contributed by atoms with Crippen LogP contribution in [0, 0.1) is 6.92 Å². The van der Waals surface area contributed by atoms with Crippen LogP contribution >= 0.6 is 0 Å². The van der Waals surface area contributed by atoms with Gasteiger partial charge in [-0.05, 0) is 44.5 Å². The van der Waals surface area contributed by atoms with Crippen molar-refractivity contribution in [3.8, 4) is 0 Å². The molecule has 6 heteroatoms. The van der Waals surface area contributed by atoms with E-state index in [4.69, 9.17) is 0 Å². The molecule has 0 saturated carbocycles. The van der Waals surface area contributed by atoms with Crippen LogP contribution in [0.5, 0.6) is 0 Å². The number of hydrogen-bond acceptors (Lipinski definition) is 4. The maximum atomic E-state index is 11.9. The van der Waals surface area contributed by atoms with E-state index in [9.17, 15) is 4.79 Å². The van der Waals surface area contributed by atoms with Crippen LogP contribution in [-0.2, 0) is 0 Å². The quantitative estimate of drug-likeness (QED) is 0.876. The predicted octanol–water partition coefficient (Wildman–Crippen LogP) is 2.21. The summed E-state index contributed by atoms with van der Waals surface area (Å²) in [5, 5.41) is 12.6. The lowest BCUT2D eigenvalue weighted by Gasteiger charge is -2.22. The first-order valence-corrected chi connectivity index (χ1v) is 6.68. The molecule has 2 aromatic rings. The first kappa shape index (κ1) is 14.0. The van der Waals surface area contributed by atoms with Crippen molar-refractivity contribution < 1.29 is 4.79 Å². The van der Waals surface area contributed by atoms with Crippen molar-refractivity contribution >= 4 is 17.3 Å². The summed E-state index contributed by atoms with van der Waals surface area (Å²) in [7, 11) is 0. The van der Waals surface area contributed by atoms with E-state index >= 15 is 0 Å². The van der Waals surface area contributed by atoms with Gasteiger partial charge in [-0.3, -0.25) is 4.79 Å². The second-order valence-electron chi connectivity index (χ2n) is 4.48. The molecule has 0 radical (unpaired) electrons. The average Bonchev–Trinajstić information content (AvgIpc) is 2.97. The van der Waals surface area contributed by atoms with Crippen molar-refractivity contribution in [1.29, 1.82) is 0 Å². The van der Waals surface area contributed by atoms with Crippen LogP contribution in [0.4, 0.5) is 11.4 Å². The second kappa shape index (κ2) is 6.18. The predicted molar refractivity (Wildman–Crippen MR) is 79.1 cm³/mol. The van der Waals surface area contributed by atoms with Gasteiger partial charge >= 0.3 is 0 Å². The maximum Gasteiger partial charge on any atom is 0.277 e. The number of nitrogens with zero attached hydrogens (tertiary/aromatic N) is 3. The van der Waals surface area contributed by atoms with Crippen molar-refractivity contribution in [2.75, 3.05) is 23.3 Å². The Bertz CT molecular complexity index is 575. The summed E-state index contributed by atoms with van der Waals surface area (Å²) in [5.74, 6) is -0.266. The van der Waals surface area contributed by atoms with Gasteiger partial charge in [0, 0.05) is 24.5 Å². The summed E-state index contributed by atoms with van der Waals surface area (Å²) < 4.78 is 0. The smallest absolute Gasteiger partial charge is 0.277 e. The van der Waals surface area contributed by atoms with Crippen molar-refractivity contribution in [1.82, 2.24) is 15.4 Å². The number of aromatic nitrogens is 3. The SMILES string of the molecule is CCN(CC)c1ccc(NC(=O)c2cn[nH]n2)c(C)c1. The minimum Gasteiger partial charge on any atom is -0.372 e. The Labute approximate surface area is 118 Å². The topological polar surface area (TPSA) is 73.9 Å². The van der Waals surface area contributed by atoms with Gasteiger partial charge in [-0.15, -0.1) is 0 Å². The average molecular weight is 273 g/mol. The second-order valence-corrected chi connectivity index (χ2v) is 4.48. The highest BCUT2D eigenvalue weighted by atomic mass is 16.2. The fourth-order valence-electron chi connectivity index (χ4n) is 2.07. The van der Waals surface area contributed by atoms with Gasteiger partial charge < -0.3 is 10.2 Å². The standard InChI is InChI=1S/C14H19N5O/c1-4-19(5-2)11-6-7-12(10(3)8-11)16-14(20)13-9-15-18-17-13/h6-9H,4-5H2,1-3H3,(H,16,20)(H,15,17,18). The fraction of sp³-hybridized carbons (Fsp3) is 0.357. The lowest BCUT2D eigenvalue weighted by atomic mass is 10.1. The third-order valence-corrected chi connectivity index (χ3v) is 3.23. The molecule has 0 bridgehead atoms. The number of carbonyl (C=O) groups excluding carboxylic acids is 1. The number of H-pyrrole nitrogens is 1. The van der Waals surface area contributed by atoms with Crippen LogP contribution in [0.25, 0.3) is 0 Å². The highest BCUT2D eigenvalue weighted by molar-refractivity contribution is 6.03. The molecule has 6 nitrogen and oxygen atoms in total. The van der Waals surface area contributed by atoms with E-state index < -0.39 is 0 Å². The summed E-state index contributed by atoms with van der Waals surface area (Å²) in [6, 6.07) is 6.00. The Morgan fingerprint density at radius 2 is 2.10 bits per heavy atom. The Hall–Kier alpha value is -2.37. The van der Waals surface area contributed by atoms with Crippen LogP contribution in [0.1, 0.15) is 29.9 Å². The number of nitrogens with one attached hydrogen (secondary N) is 2. The van der Waals surface area contributed by atoms with Crippen LogP contribution in [-0.4, -0.2) is 34.4 Å². The zero-order valence-electron chi connectivity index (χ0n) is 12.0.